The largest absolute Gasteiger partial charge is 2.00 e. The maximum Gasteiger partial charge on any atom is 2.00 e. The molecule has 0 aliphatic rings. The van der Waals surface area contributed by atoms with Gasteiger partial charge in [0.05, 0.1) is 0 Å². The van der Waals surface area contributed by atoms with E-state index in [2.05, 4.69) is 83.1 Å². The number of hydrogen-bond donors (Lipinski definition) is 2. The van der Waals surface area contributed by atoms with E-state index in [1.807, 2.05) is 24.3 Å². The van der Waals surface area contributed by atoms with Crippen molar-refractivity contribution in [2.24, 2.45) is 11.8 Å². The SMILES string of the molecule is CC(C)(C)c1ccc([O-])c(Sc2cc(C(C)(C)C)ccc2[O-])c1.N.N.[CH2-]C(CC)CCCC.[CH2-]C(CC)CCCC.[Ni+2].[Ni+2]. The Balaban J connectivity index is -0.000000203. The molecule has 0 fully saturated rings. The zero-order valence-electron chi connectivity index (χ0n) is 29.0. The van der Waals surface area contributed by atoms with E-state index < -0.39 is 0 Å². The molecule has 0 aromatic heterocycles. The molecule has 0 radical (unpaired) electrons. The van der Waals surface area contributed by atoms with Crippen LogP contribution in [0.1, 0.15) is 132 Å². The molecule has 0 saturated carbocycles. The minimum Gasteiger partial charge on any atom is -0.872 e. The molecule has 2 aromatic rings. The van der Waals surface area contributed by atoms with Crippen LogP contribution in [0.5, 0.6) is 11.5 Å². The minimum atomic E-state index is -0.0384. The molecule has 0 spiro atoms. The van der Waals surface area contributed by atoms with E-state index >= 15 is 0 Å². The minimum absolute atomic E-state index is 0. The first-order valence-corrected chi connectivity index (χ1v) is 15.9. The molecule has 0 bridgehead atoms. The van der Waals surface area contributed by atoms with Gasteiger partial charge in [0.15, 0.2) is 0 Å². The van der Waals surface area contributed by atoms with Crippen molar-refractivity contribution >= 4 is 11.8 Å². The van der Waals surface area contributed by atoms with Crippen LogP contribution in [0.25, 0.3) is 0 Å². The molecule has 0 saturated heterocycles. The number of rotatable bonds is 10. The van der Waals surface area contributed by atoms with Crippen LogP contribution < -0.4 is 22.5 Å². The van der Waals surface area contributed by atoms with Crippen LogP contribution in [0.15, 0.2) is 46.2 Å². The van der Waals surface area contributed by atoms with Crippen molar-refractivity contribution in [1.29, 1.82) is 0 Å². The summed E-state index contributed by atoms with van der Waals surface area (Å²) >= 11 is 1.28. The van der Waals surface area contributed by atoms with Crippen LogP contribution in [-0.2, 0) is 43.8 Å². The Morgan fingerprint density at radius 3 is 1.16 bits per heavy atom. The van der Waals surface area contributed by atoms with Gasteiger partial charge < -0.3 is 36.4 Å². The third-order valence-electron chi connectivity index (χ3n) is 6.93. The second-order valence-electron chi connectivity index (χ2n) is 12.8. The quantitative estimate of drug-likeness (QED) is 0.188. The summed E-state index contributed by atoms with van der Waals surface area (Å²) in [6.07, 6.45) is 10.4. The molecule has 0 aliphatic carbocycles. The van der Waals surface area contributed by atoms with Crippen LogP contribution >= 0.6 is 11.8 Å². The molecule has 4 nitrogen and oxygen atoms in total. The van der Waals surface area contributed by atoms with Gasteiger partial charge in [-0.1, -0.05) is 168 Å². The predicted molar refractivity (Wildman–Crippen MR) is 181 cm³/mol. The van der Waals surface area contributed by atoms with Crippen molar-refractivity contribution in [3.63, 3.8) is 0 Å². The summed E-state index contributed by atoms with van der Waals surface area (Å²) in [7, 11) is 0. The Morgan fingerprint density at radius 2 is 0.930 bits per heavy atom. The first kappa shape index (κ1) is 51.9. The van der Waals surface area contributed by atoms with Gasteiger partial charge in [-0.25, -0.2) is 0 Å². The molecule has 256 valence electrons. The molecule has 2 rings (SSSR count). The van der Waals surface area contributed by atoms with Gasteiger partial charge in [-0.05, 0) is 34.1 Å². The van der Waals surface area contributed by atoms with Gasteiger partial charge in [0.1, 0.15) is 0 Å². The van der Waals surface area contributed by atoms with Gasteiger partial charge in [0.25, 0.3) is 0 Å². The van der Waals surface area contributed by atoms with Gasteiger partial charge in [-0.15, -0.1) is 0 Å². The maximum absolute atomic E-state index is 12.2. The van der Waals surface area contributed by atoms with Crippen molar-refractivity contribution in [2.45, 2.75) is 141 Å². The molecule has 0 heterocycles. The molecule has 7 heteroatoms. The van der Waals surface area contributed by atoms with Crippen molar-refractivity contribution < 1.29 is 43.2 Å². The maximum atomic E-state index is 12.2. The molecule has 0 amide bonds. The second kappa shape index (κ2) is 26.5. The molecule has 43 heavy (non-hydrogen) atoms. The molecular weight excluding hydrogens is 642 g/mol. The number of benzene rings is 2. The Bertz CT molecular complexity index is 868. The fourth-order valence-electron chi connectivity index (χ4n) is 3.62. The summed E-state index contributed by atoms with van der Waals surface area (Å²) < 4.78 is 0. The van der Waals surface area contributed by atoms with E-state index in [9.17, 15) is 10.2 Å². The Morgan fingerprint density at radius 1 is 0.628 bits per heavy atom. The monoisotopic (exact) mass is 704 g/mol. The standard InChI is InChI=1S/C20H26O2S.2C8H17.2H3N.2Ni/c1-19(2,3)13-7-9-15(21)17(11-13)23-18-12-14(20(4,5)6)8-10-16(18)22;2*1-4-6-7-8(3)5-2;;;;/h7-12,21-22H,1-6H3;2*8H,3-7H2,1-2H3;2*1H3;;/q;2*-1;;;2*+2/p-2. The summed E-state index contributed by atoms with van der Waals surface area (Å²) in [4.78, 5) is 1.22. The third kappa shape index (κ3) is 22.5. The van der Waals surface area contributed by atoms with E-state index in [0.717, 1.165) is 11.1 Å². The van der Waals surface area contributed by atoms with Crippen LogP contribution in [0.4, 0.5) is 0 Å². The molecule has 2 atom stereocenters. The van der Waals surface area contributed by atoms with Crippen molar-refractivity contribution in [2.75, 3.05) is 0 Å². The van der Waals surface area contributed by atoms with Crippen molar-refractivity contribution in [3.05, 3.63) is 61.4 Å². The zero-order chi connectivity index (χ0) is 30.2. The van der Waals surface area contributed by atoms with E-state index in [1.165, 1.54) is 63.1 Å². The third-order valence-corrected chi connectivity index (χ3v) is 8.00. The summed E-state index contributed by atoms with van der Waals surface area (Å²) in [5, 5.41) is 24.3. The van der Waals surface area contributed by atoms with Gasteiger partial charge in [-0.2, -0.15) is 11.8 Å². The molecule has 0 aliphatic heterocycles. The smallest absolute Gasteiger partial charge is 0.872 e. The first-order valence-electron chi connectivity index (χ1n) is 15.1. The van der Waals surface area contributed by atoms with Gasteiger partial charge in [-0.3, -0.25) is 0 Å². The van der Waals surface area contributed by atoms with E-state index in [-0.39, 0.29) is 67.6 Å². The molecule has 2 aromatic carbocycles. The summed E-state index contributed by atoms with van der Waals surface area (Å²) in [5.41, 5.74) is 2.13. The normalized spacial score (nSPS) is 11.8. The fraction of sp³-hybridized carbons (Fsp3) is 0.611. The van der Waals surface area contributed by atoms with Gasteiger partial charge in [0.2, 0.25) is 0 Å². The van der Waals surface area contributed by atoms with Crippen LogP contribution in [0.3, 0.4) is 0 Å². The molecular formula is C36H64N2Ni2O2S. The topological polar surface area (TPSA) is 116 Å². The van der Waals surface area contributed by atoms with Crippen LogP contribution in [-0.4, -0.2) is 0 Å². The second-order valence-corrected chi connectivity index (χ2v) is 13.8. The number of hydrogen-bond acceptors (Lipinski definition) is 5. The van der Waals surface area contributed by atoms with Gasteiger partial charge >= 0.3 is 33.0 Å². The average molecular weight is 706 g/mol. The van der Waals surface area contributed by atoms with Crippen molar-refractivity contribution in [1.82, 2.24) is 12.3 Å². The van der Waals surface area contributed by atoms with E-state index in [1.54, 1.807) is 12.1 Å². The summed E-state index contributed by atoms with van der Waals surface area (Å²) in [6.45, 7) is 29.5. The Labute approximate surface area is 291 Å². The predicted octanol–water partition coefficient (Wildman–Crippen LogP) is 11.0. The fourth-order valence-corrected chi connectivity index (χ4v) is 4.57. The Kier molecular flexibility index (Phi) is 32.0. The summed E-state index contributed by atoms with van der Waals surface area (Å²) in [6, 6.07) is 10.8. The van der Waals surface area contributed by atoms with Gasteiger partial charge in [0, 0.05) is 9.79 Å². The van der Waals surface area contributed by atoms with E-state index in [0.29, 0.717) is 21.6 Å². The molecule has 2 unspecified atom stereocenters. The van der Waals surface area contributed by atoms with Crippen LogP contribution in [0.2, 0.25) is 0 Å². The molecule has 6 N–H and O–H groups in total. The van der Waals surface area contributed by atoms with Crippen molar-refractivity contribution in [3.8, 4) is 11.5 Å². The Hall–Kier alpha value is -0.703. The summed E-state index contributed by atoms with van der Waals surface area (Å²) in [5.74, 6) is 1.33. The first-order chi connectivity index (χ1) is 18.1. The zero-order valence-corrected chi connectivity index (χ0v) is 31.8. The average Bonchev–Trinajstić information content (AvgIpc) is 2.87. The van der Waals surface area contributed by atoms with Crippen LogP contribution in [0, 0.1) is 25.7 Å². The number of unbranched alkanes of at least 4 members (excludes halogenated alkanes) is 2. The van der Waals surface area contributed by atoms with E-state index in [4.69, 9.17) is 0 Å².